The maximum Gasteiger partial charge on any atom is 0.225 e. The molecule has 3 atom stereocenters. The lowest BCUT2D eigenvalue weighted by Gasteiger charge is -2.20. The Balaban J connectivity index is 1.63. The van der Waals surface area contributed by atoms with Crippen molar-refractivity contribution in [3.05, 3.63) is 23.8 Å². The maximum atomic E-state index is 6.50. The van der Waals surface area contributed by atoms with Crippen molar-refractivity contribution in [3.8, 4) is 10.6 Å². The molecule has 1 N–H and O–H groups in total. The molecule has 192 valence electrons. The molecule has 0 spiro atoms. The van der Waals surface area contributed by atoms with Crippen molar-refractivity contribution in [1.82, 2.24) is 19.5 Å². The molecular weight excluding hydrogens is 462 g/mol. The molecule has 3 aromatic heterocycles. The van der Waals surface area contributed by atoms with E-state index in [9.17, 15) is 0 Å². The number of aromatic nitrogens is 4. The van der Waals surface area contributed by atoms with Gasteiger partial charge in [-0.2, -0.15) is 4.98 Å². The Morgan fingerprint density at radius 3 is 2.60 bits per heavy atom. The summed E-state index contributed by atoms with van der Waals surface area (Å²) >= 11 is 1.65. The number of thiophene rings is 1. The van der Waals surface area contributed by atoms with Gasteiger partial charge < -0.3 is 19.5 Å². The van der Waals surface area contributed by atoms with Gasteiger partial charge in [0.15, 0.2) is 5.65 Å². The normalized spacial score (nSPS) is 20.7. The number of anilines is 1. The van der Waals surface area contributed by atoms with Crippen LogP contribution in [0.1, 0.15) is 54.2 Å². The minimum atomic E-state index is -0.228. The van der Waals surface area contributed by atoms with Gasteiger partial charge in [0.1, 0.15) is 23.5 Å². The van der Waals surface area contributed by atoms with Crippen molar-refractivity contribution in [2.24, 2.45) is 17.8 Å². The first-order valence-electron chi connectivity index (χ1n) is 12.7. The second-order valence-electron chi connectivity index (χ2n) is 10.5. The van der Waals surface area contributed by atoms with Crippen LogP contribution in [0.15, 0.2) is 23.8 Å². The molecule has 0 aliphatic carbocycles. The largest absolute Gasteiger partial charge is 0.378 e. The molecule has 0 radical (unpaired) electrons. The molecule has 4 heterocycles. The summed E-state index contributed by atoms with van der Waals surface area (Å²) < 4.78 is 20.7. The third-order valence-electron chi connectivity index (χ3n) is 5.71. The quantitative estimate of drug-likeness (QED) is 0.345. The predicted octanol–water partition coefficient (Wildman–Crippen LogP) is 5.62. The average molecular weight is 502 g/mol. The van der Waals surface area contributed by atoms with Gasteiger partial charge in [0, 0.05) is 26.2 Å². The molecule has 1 fully saturated rings. The second kappa shape index (κ2) is 11.8. The number of ether oxygens (including phenoxy) is 3. The zero-order valence-electron chi connectivity index (χ0n) is 21.7. The summed E-state index contributed by atoms with van der Waals surface area (Å²) in [7, 11) is 0. The third-order valence-corrected chi connectivity index (χ3v) is 6.59. The van der Waals surface area contributed by atoms with Crippen LogP contribution in [0.4, 0.5) is 5.95 Å². The zero-order valence-corrected chi connectivity index (χ0v) is 22.5. The van der Waals surface area contributed by atoms with Gasteiger partial charge in [0.25, 0.3) is 0 Å². The molecule has 0 bridgehead atoms. The number of imidazole rings is 1. The van der Waals surface area contributed by atoms with Gasteiger partial charge in [-0.15, -0.1) is 11.3 Å². The van der Waals surface area contributed by atoms with Gasteiger partial charge in [-0.3, -0.25) is 4.57 Å². The maximum absolute atomic E-state index is 6.50. The van der Waals surface area contributed by atoms with Gasteiger partial charge in [-0.05, 0) is 29.2 Å². The molecule has 0 aromatic carbocycles. The average Bonchev–Trinajstić information content (AvgIpc) is 3.55. The fourth-order valence-corrected chi connectivity index (χ4v) is 4.73. The first kappa shape index (κ1) is 26.0. The molecule has 35 heavy (non-hydrogen) atoms. The van der Waals surface area contributed by atoms with E-state index in [1.54, 1.807) is 11.3 Å². The van der Waals surface area contributed by atoms with Crippen LogP contribution in [0.3, 0.4) is 0 Å². The third kappa shape index (κ3) is 6.58. The molecule has 0 saturated carbocycles. The first-order chi connectivity index (χ1) is 16.8. The van der Waals surface area contributed by atoms with E-state index in [1.807, 2.05) is 17.0 Å². The predicted molar refractivity (Wildman–Crippen MR) is 141 cm³/mol. The topological polar surface area (TPSA) is 83.3 Å². The summed E-state index contributed by atoms with van der Waals surface area (Å²) in [5, 5.41) is 5.45. The van der Waals surface area contributed by atoms with E-state index in [4.69, 9.17) is 29.2 Å². The van der Waals surface area contributed by atoms with Crippen molar-refractivity contribution < 1.29 is 14.2 Å². The van der Waals surface area contributed by atoms with Crippen molar-refractivity contribution in [2.75, 3.05) is 31.7 Å². The Bertz CT molecular complexity index is 1070. The Morgan fingerprint density at radius 2 is 1.91 bits per heavy atom. The Hall–Kier alpha value is -2.07. The highest BCUT2D eigenvalue weighted by atomic mass is 32.1. The van der Waals surface area contributed by atoms with Gasteiger partial charge >= 0.3 is 0 Å². The molecule has 9 heteroatoms. The fourth-order valence-electron chi connectivity index (χ4n) is 4.02. The second-order valence-corrected chi connectivity index (χ2v) is 11.5. The highest BCUT2D eigenvalue weighted by Gasteiger charge is 2.38. The molecule has 8 nitrogen and oxygen atoms in total. The summed E-state index contributed by atoms with van der Waals surface area (Å²) in [4.78, 5) is 15.5. The summed E-state index contributed by atoms with van der Waals surface area (Å²) in [6.45, 7) is 15.7. The van der Waals surface area contributed by atoms with Crippen molar-refractivity contribution in [3.63, 3.8) is 0 Å². The van der Waals surface area contributed by atoms with E-state index < -0.39 is 0 Å². The lowest BCUT2D eigenvalue weighted by molar-refractivity contribution is -0.0814. The minimum Gasteiger partial charge on any atom is -0.378 e. The van der Waals surface area contributed by atoms with Crippen LogP contribution in [0.5, 0.6) is 0 Å². The number of nitrogens with one attached hydrogen (secondary N) is 1. The number of hydrogen-bond acceptors (Lipinski definition) is 8. The van der Waals surface area contributed by atoms with Crippen molar-refractivity contribution in [1.29, 1.82) is 0 Å². The standard InChI is InChI=1S/C26H39N5O3S/c1-16(2)11-27-26-29-23(21-8-7-9-35-21)24-25(30-26)31(15-28-24)22-10-19(33-13-18(5)6)20(34-22)14-32-12-17(3)4/h7-9,15-20,22H,10-14H2,1-6H3,(H,27,29,30)/t19-,20+,22+/m0/s1. The van der Waals surface area contributed by atoms with Gasteiger partial charge in [-0.1, -0.05) is 47.6 Å². The lowest BCUT2D eigenvalue weighted by Crippen LogP contribution is -2.30. The molecule has 0 unspecified atom stereocenters. The van der Waals surface area contributed by atoms with E-state index in [2.05, 4.69) is 58.3 Å². The van der Waals surface area contributed by atoms with Crippen molar-refractivity contribution in [2.45, 2.75) is 66.4 Å². The monoisotopic (exact) mass is 501 g/mol. The van der Waals surface area contributed by atoms with Crippen LogP contribution < -0.4 is 5.32 Å². The minimum absolute atomic E-state index is 0.0378. The fraction of sp³-hybridized carbons (Fsp3) is 0.654. The van der Waals surface area contributed by atoms with Gasteiger partial charge in [0.05, 0.1) is 23.9 Å². The van der Waals surface area contributed by atoms with E-state index >= 15 is 0 Å². The SMILES string of the molecule is CC(C)CNc1nc(-c2cccs2)c2ncn([C@H]3C[C@H](OCC(C)C)[C@@H](COCC(C)C)O3)c2n1. The molecule has 4 rings (SSSR count). The zero-order chi connectivity index (χ0) is 24.9. The van der Waals surface area contributed by atoms with Crippen LogP contribution in [0, 0.1) is 17.8 Å². The highest BCUT2D eigenvalue weighted by molar-refractivity contribution is 7.13. The molecule has 1 saturated heterocycles. The Labute approximate surface area is 212 Å². The molecule has 1 aliphatic heterocycles. The van der Waals surface area contributed by atoms with E-state index in [1.165, 1.54) is 0 Å². The lowest BCUT2D eigenvalue weighted by atomic mass is 10.1. The number of rotatable bonds is 12. The van der Waals surface area contributed by atoms with E-state index in [0.29, 0.717) is 43.5 Å². The van der Waals surface area contributed by atoms with E-state index in [0.717, 1.165) is 34.7 Å². The highest BCUT2D eigenvalue weighted by Crippen LogP contribution is 2.36. The van der Waals surface area contributed by atoms with Crippen molar-refractivity contribution >= 4 is 28.4 Å². The van der Waals surface area contributed by atoms with Crippen LogP contribution >= 0.6 is 11.3 Å². The van der Waals surface area contributed by atoms with Crippen LogP contribution in [-0.2, 0) is 14.2 Å². The van der Waals surface area contributed by atoms with Gasteiger partial charge in [-0.25, -0.2) is 9.97 Å². The summed E-state index contributed by atoms with van der Waals surface area (Å²) in [6.07, 6.45) is 2.15. The Morgan fingerprint density at radius 1 is 1.11 bits per heavy atom. The molecular formula is C26H39N5O3S. The molecule has 3 aromatic rings. The first-order valence-corrected chi connectivity index (χ1v) is 13.6. The number of hydrogen-bond donors (Lipinski definition) is 1. The van der Waals surface area contributed by atoms with Crippen LogP contribution in [0.25, 0.3) is 21.7 Å². The molecule has 0 amide bonds. The van der Waals surface area contributed by atoms with Gasteiger partial charge in [0.2, 0.25) is 5.95 Å². The van der Waals surface area contributed by atoms with Crippen LogP contribution in [-0.4, -0.2) is 58.1 Å². The Kier molecular flexibility index (Phi) is 8.75. The number of fused-ring (bicyclic) bond motifs is 1. The van der Waals surface area contributed by atoms with Crippen LogP contribution in [0.2, 0.25) is 0 Å². The molecule has 1 aliphatic rings. The summed E-state index contributed by atoms with van der Waals surface area (Å²) in [5.74, 6) is 2.02. The summed E-state index contributed by atoms with van der Waals surface area (Å²) in [6, 6.07) is 4.10. The van der Waals surface area contributed by atoms with E-state index in [-0.39, 0.29) is 18.4 Å². The summed E-state index contributed by atoms with van der Waals surface area (Å²) in [5.41, 5.74) is 2.40. The smallest absolute Gasteiger partial charge is 0.225 e. The number of nitrogens with zero attached hydrogens (tertiary/aromatic N) is 4.